The smallest absolute Gasteiger partial charge is 0.230 e. The maximum Gasteiger partial charge on any atom is 0.230 e. The molecule has 0 bridgehead atoms. The van der Waals surface area contributed by atoms with Crippen molar-refractivity contribution < 1.29 is 18.3 Å². The first kappa shape index (κ1) is 25.8. The molecular weight excluding hydrogens is 458 g/mol. The third-order valence-electron chi connectivity index (χ3n) is 8.22. The van der Waals surface area contributed by atoms with E-state index in [0.29, 0.717) is 50.3 Å². The van der Waals surface area contributed by atoms with E-state index in [-0.39, 0.29) is 23.1 Å². The molecule has 34 heavy (non-hydrogen) atoms. The lowest BCUT2D eigenvalue weighted by Gasteiger charge is -2.42. The molecule has 3 fully saturated rings. The van der Waals surface area contributed by atoms with Gasteiger partial charge in [0.1, 0.15) is 11.5 Å². The van der Waals surface area contributed by atoms with E-state index >= 15 is 4.39 Å². The van der Waals surface area contributed by atoms with Crippen molar-refractivity contribution >= 4 is 17.5 Å². The van der Waals surface area contributed by atoms with Gasteiger partial charge in [-0.25, -0.2) is 8.78 Å². The van der Waals surface area contributed by atoms with Crippen LogP contribution in [0.3, 0.4) is 0 Å². The highest BCUT2D eigenvalue weighted by Crippen LogP contribution is 2.43. The fourth-order valence-electron chi connectivity index (χ4n) is 6.25. The number of amides is 1. The standard InChI is InChI=1S/C27H39ClF2N2O2/c1-25(2)17-20(8-15-34-25)18-32-13-11-26(30,12-14-32)19-31-24(33)27(9-4-3-5-10-27)22-7-6-21(29)16-23(22)28/h6-7,16,20H,3-5,8-15,17-19H2,1-2H3,(H,31,33). The monoisotopic (exact) mass is 496 g/mol. The molecule has 2 heterocycles. The average molecular weight is 497 g/mol. The molecule has 1 unspecified atom stereocenters. The van der Waals surface area contributed by atoms with Crippen molar-refractivity contribution in [3.8, 4) is 0 Å². The van der Waals surface area contributed by atoms with Crippen LogP contribution in [-0.4, -0.2) is 54.9 Å². The molecule has 1 atom stereocenters. The van der Waals surface area contributed by atoms with Crippen molar-refractivity contribution in [3.63, 3.8) is 0 Å². The van der Waals surface area contributed by atoms with Gasteiger partial charge in [0.15, 0.2) is 0 Å². The summed E-state index contributed by atoms with van der Waals surface area (Å²) in [4.78, 5) is 15.8. The molecule has 1 aromatic carbocycles. The number of nitrogens with zero attached hydrogens (tertiary/aromatic N) is 1. The zero-order valence-electron chi connectivity index (χ0n) is 20.6. The fraction of sp³-hybridized carbons (Fsp3) is 0.741. The third-order valence-corrected chi connectivity index (χ3v) is 8.53. The first-order valence-electron chi connectivity index (χ1n) is 12.9. The lowest BCUT2D eigenvalue weighted by atomic mass is 9.68. The van der Waals surface area contributed by atoms with Gasteiger partial charge in [0.2, 0.25) is 5.91 Å². The fourth-order valence-corrected chi connectivity index (χ4v) is 6.60. The Bertz CT molecular complexity index is 864. The zero-order chi connectivity index (χ0) is 24.4. The summed E-state index contributed by atoms with van der Waals surface area (Å²) in [6.45, 7) is 7.50. The molecule has 1 aliphatic carbocycles. The summed E-state index contributed by atoms with van der Waals surface area (Å²) in [7, 11) is 0. The Labute approximate surface area is 207 Å². The number of hydrogen-bond acceptors (Lipinski definition) is 3. The molecule has 3 aliphatic rings. The van der Waals surface area contributed by atoms with Gasteiger partial charge in [0.05, 0.1) is 17.6 Å². The number of carbonyl (C=O) groups excluding carboxylic acids is 1. The molecule has 1 aromatic rings. The molecule has 0 aromatic heterocycles. The van der Waals surface area contributed by atoms with Crippen LogP contribution < -0.4 is 5.32 Å². The summed E-state index contributed by atoms with van der Waals surface area (Å²) >= 11 is 6.38. The van der Waals surface area contributed by atoms with Crippen LogP contribution in [0.15, 0.2) is 18.2 Å². The predicted molar refractivity (Wildman–Crippen MR) is 131 cm³/mol. The molecule has 190 valence electrons. The van der Waals surface area contributed by atoms with E-state index in [4.69, 9.17) is 16.3 Å². The Balaban J connectivity index is 1.34. The number of rotatable bonds is 6. The zero-order valence-corrected chi connectivity index (χ0v) is 21.4. The number of benzene rings is 1. The summed E-state index contributed by atoms with van der Waals surface area (Å²) < 4.78 is 35.2. The van der Waals surface area contributed by atoms with Crippen molar-refractivity contribution in [3.05, 3.63) is 34.6 Å². The molecule has 4 rings (SSSR count). The van der Waals surface area contributed by atoms with E-state index in [9.17, 15) is 9.18 Å². The molecule has 1 saturated carbocycles. The van der Waals surface area contributed by atoms with Gasteiger partial charge < -0.3 is 15.0 Å². The minimum absolute atomic E-state index is 0.0184. The van der Waals surface area contributed by atoms with Gasteiger partial charge in [-0.3, -0.25) is 4.79 Å². The average Bonchev–Trinajstić information content (AvgIpc) is 2.79. The Morgan fingerprint density at radius 3 is 2.53 bits per heavy atom. The van der Waals surface area contributed by atoms with Crippen LogP contribution in [0.4, 0.5) is 8.78 Å². The first-order chi connectivity index (χ1) is 16.1. The van der Waals surface area contributed by atoms with Crippen LogP contribution in [0.1, 0.15) is 77.2 Å². The van der Waals surface area contributed by atoms with Crippen LogP contribution in [0.2, 0.25) is 5.02 Å². The maximum atomic E-state index is 15.7. The van der Waals surface area contributed by atoms with Crippen molar-refractivity contribution in [2.75, 3.05) is 32.8 Å². The van der Waals surface area contributed by atoms with E-state index in [1.165, 1.54) is 12.1 Å². The second-order valence-corrected chi connectivity index (χ2v) is 11.8. The normalized spacial score (nSPS) is 26.7. The largest absolute Gasteiger partial charge is 0.376 e. The number of likely N-dealkylation sites (tertiary alicyclic amines) is 1. The SMILES string of the molecule is CC1(C)CC(CN2CCC(F)(CNC(=O)C3(c4ccc(F)cc4Cl)CCCCC3)CC2)CCO1. The highest BCUT2D eigenvalue weighted by Gasteiger charge is 2.44. The number of hydrogen-bond donors (Lipinski definition) is 1. The number of alkyl halides is 1. The molecule has 7 heteroatoms. The van der Waals surface area contributed by atoms with Crippen LogP contribution in [0.5, 0.6) is 0 Å². The van der Waals surface area contributed by atoms with Crippen LogP contribution in [0.25, 0.3) is 0 Å². The summed E-state index contributed by atoms with van der Waals surface area (Å²) in [6.07, 6.45) is 7.10. The first-order valence-corrected chi connectivity index (χ1v) is 13.3. The Morgan fingerprint density at radius 1 is 1.18 bits per heavy atom. The van der Waals surface area contributed by atoms with Gasteiger partial charge in [0.25, 0.3) is 0 Å². The van der Waals surface area contributed by atoms with Crippen molar-refractivity contribution in [1.29, 1.82) is 0 Å². The lowest BCUT2D eigenvalue weighted by molar-refractivity contribution is -0.129. The summed E-state index contributed by atoms with van der Waals surface area (Å²) in [5.41, 5.74) is -1.62. The van der Waals surface area contributed by atoms with Crippen molar-refractivity contribution in [2.45, 2.75) is 88.3 Å². The van der Waals surface area contributed by atoms with Gasteiger partial charge in [-0.2, -0.15) is 0 Å². The molecule has 0 spiro atoms. The van der Waals surface area contributed by atoms with Gasteiger partial charge in [0, 0.05) is 31.3 Å². The number of piperidine rings is 1. The van der Waals surface area contributed by atoms with Gasteiger partial charge in [-0.05, 0) is 76.0 Å². The van der Waals surface area contributed by atoms with E-state index in [2.05, 4.69) is 24.1 Å². The number of carbonyl (C=O) groups is 1. The molecule has 2 aliphatic heterocycles. The van der Waals surface area contributed by atoms with Gasteiger partial charge >= 0.3 is 0 Å². The Morgan fingerprint density at radius 2 is 1.88 bits per heavy atom. The molecule has 4 nitrogen and oxygen atoms in total. The predicted octanol–water partition coefficient (Wildman–Crippen LogP) is 5.81. The van der Waals surface area contributed by atoms with Crippen LogP contribution in [-0.2, 0) is 14.9 Å². The number of ether oxygens (including phenoxy) is 1. The second-order valence-electron chi connectivity index (χ2n) is 11.4. The molecular formula is C27H39ClF2N2O2. The summed E-state index contributed by atoms with van der Waals surface area (Å²) in [5.74, 6) is -0.00862. The summed E-state index contributed by atoms with van der Waals surface area (Å²) in [5, 5.41) is 3.22. The quantitative estimate of drug-likeness (QED) is 0.540. The Kier molecular flexibility index (Phi) is 7.90. The Hall–Kier alpha value is -1.24. The molecule has 2 saturated heterocycles. The van der Waals surface area contributed by atoms with E-state index in [1.54, 1.807) is 6.07 Å². The van der Waals surface area contributed by atoms with Gasteiger partial charge in [-0.1, -0.05) is 36.9 Å². The van der Waals surface area contributed by atoms with E-state index in [0.717, 1.165) is 45.3 Å². The van der Waals surface area contributed by atoms with E-state index in [1.807, 2.05) is 0 Å². The van der Waals surface area contributed by atoms with Crippen molar-refractivity contribution in [2.24, 2.45) is 5.92 Å². The molecule has 1 amide bonds. The van der Waals surface area contributed by atoms with E-state index < -0.39 is 16.9 Å². The van der Waals surface area contributed by atoms with Crippen molar-refractivity contribution in [1.82, 2.24) is 10.2 Å². The topological polar surface area (TPSA) is 41.6 Å². The van der Waals surface area contributed by atoms with Crippen LogP contribution >= 0.6 is 11.6 Å². The second kappa shape index (κ2) is 10.4. The summed E-state index contributed by atoms with van der Waals surface area (Å²) in [6, 6.07) is 4.26. The third kappa shape index (κ3) is 5.93. The highest BCUT2D eigenvalue weighted by molar-refractivity contribution is 6.31. The minimum atomic E-state index is -1.40. The highest BCUT2D eigenvalue weighted by atomic mass is 35.5. The van der Waals surface area contributed by atoms with Crippen LogP contribution in [0, 0.1) is 11.7 Å². The number of nitrogens with one attached hydrogen (secondary N) is 1. The molecule has 1 N–H and O–H groups in total. The number of halogens is 3. The maximum absolute atomic E-state index is 15.7. The minimum Gasteiger partial charge on any atom is -0.376 e. The van der Waals surface area contributed by atoms with Gasteiger partial charge in [-0.15, -0.1) is 0 Å². The lowest BCUT2D eigenvalue weighted by Crippen LogP contribution is -2.53. The molecule has 0 radical (unpaired) electrons.